The van der Waals surface area contributed by atoms with Crippen molar-refractivity contribution in [3.8, 4) is 11.5 Å². The van der Waals surface area contributed by atoms with Crippen molar-refractivity contribution in [1.29, 1.82) is 0 Å². The van der Waals surface area contributed by atoms with E-state index >= 15 is 0 Å². The molecule has 8 nitrogen and oxygen atoms in total. The van der Waals surface area contributed by atoms with Crippen LogP contribution in [0.25, 0.3) is 0 Å². The molecule has 1 N–H and O–H groups in total. The second-order valence-corrected chi connectivity index (χ2v) is 7.42. The van der Waals surface area contributed by atoms with Crippen LogP contribution in [0.15, 0.2) is 58.1 Å². The highest BCUT2D eigenvalue weighted by Gasteiger charge is 2.11. The Kier molecular flexibility index (Phi) is 7.19. The summed E-state index contributed by atoms with van der Waals surface area (Å²) >= 11 is 3.43. The number of rotatable bonds is 7. The minimum absolute atomic E-state index is 0.0507. The van der Waals surface area contributed by atoms with Gasteiger partial charge in [-0.3, -0.25) is 9.48 Å². The van der Waals surface area contributed by atoms with Gasteiger partial charge in [-0.2, -0.15) is 10.2 Å². The SMILES string of the molecule is COc1ccc(C(=O)Oc2cccc(C=NNC(=O)Cn3nc(C)c(Br)c3C)c2)cc1. The van der Waals surface area contributed by atoms with E-state index in [9.17, 15) is 9.59 Å². The molecule has 2 aromatic carbocycles. The van der Waals surface area contributed by atoms with E-state index in [0.717, 1.165) is 15.9 Å². The van der Waals surface area contributed by atoms with Gasteiger partial charge in [-0.05, 0) is 71.7 Å². The quantitative estimate of drug-likeness (QED) is 0.239. The van der Waals surface area contributed by atoms with Gasteiger partial charge in [0, 0.05) is 0 Å². The molecule has 0 bridgehead atoms. The van der Waals surface area contributed by atoms with Gasteiger partial charge in [-0.25, -0.2) is 10.2 Å². The lowest BCUT2D eigenvalue weighted by atomic mass is 10.2. The Bertz CT molecular complexity index is 1120. The van der Waals surface area contributed by atoms with Crippen molar-refractivity contribution in [2.45, 2.75) is 20.4 Å². The number of aromatic nitrogens is 2. The number of hydrazone groups is 1. The lowest BCUT2D eigenvalue weighted by molar-refractivity contribution is -0.121. The van der Waals surface area contributed by atoms with Gasteiger partial charge in [0.15, 0.2) is 0 Å². The number of aryl methyl sites for hydroxylation is 1. The second-order valence-electron chi connectivity index (χ2n) is 6.63. The molecule has 0 radical (unpaired) electrons. The van der Waals surface area contributed by atoms with Crippen LogP contribution in [0.3, 0.4) is 0 Å². The third-order valence-electron chi connectivity index (χ3n) is 4.38. The van der Waals surface area contributed by atoms with Crippen LogP contribution in [0.4, 0.5) is 0 Å². The molecule has 0 aliphatic carbocycles. The molecule has 160 valence electrons. The zero-order valence-electron chi connectivity index (χ0n) is 17.3. The minimum atomic E-state index is -0.485. The van der Waals surface area contributed by atoms with Crippen LogP contribution in [0.2, 0.25) is 0 Å². The molecule has 0 aliphatic rings. The maximum atomic E-state index is 12.3. The van der Waals surface area contributed by atoms with Crippen LogP contribution >= 0.6 is 15.9 Å². The average molecular weight is 485 g/mol. The monoisotopic (exact) mass is 484 g/mol. The van der Waals surface area contributed by atoms with Crippen LogP contribution in [-0.2, 0) is 11.3 Å². The first kappa shape index (κ1) is 22.2. The molecule has 0 atom stereocenters. The second kappa shape index (κ2) is 10.0. The summed E-state index contributed by atoms with van der Waals surface area (Å²) in [6.45, 7) is 3.78. The van der Waals surface area contributed by atoms with E-state index in [1.807, 2.05) is 13.8 Å². The highest BCUT2D eigenvalue weighted by molar-refractivity contribution is 9.10. The van der Waals surface area contributed by atoms with E-state index in [4.69, 9.17) is 9.47 Å². The van der Waals surface area contributed by atoms with Crippen molar-refractivity contribution in [1.82, 2.24) is 15.2 Å². The fraction of sp³-hybridized carbons (Fsp3) is 0.182. The van der Waals surface area contributed by atoms with E-state index < -0.39 is 5.97 Å². The van der Waals surface area contributed by atoms with Gasteiger partial charge in [-0.1, -0.05) is 12.1 Å². The summed E-state index contributed by atoms with van der Waals surface area (Å²) in [6.07, 6.45) is 1.47. The summed E-state index contributed by atoms with van der Waals surface area (Å²) in [5.74, 6) is 0.225. The number of carbonyl (C=O) groups excluding carboxylic acids is 2. The Balaban J connectivity index is 1.57. The van der Waals surface area contributed by atoms with E-state index in [1.54, 1.807) is 60.3 Å². The van der Waals surface area contributed by atoms with Crippen LogP contribution in [0, 0.1) is 13.8 Å². The van der Waals surface area contributed by atoms with Crippen molar-refractivity contribution in [2.75, 3.05) is 7.11 Å². The van der Waals surface area contributed by atoms with Gasteiger partial charge >= 0.3 is 5.97 Å². The number of carbonyl (C=O) groups is 2. The normalized spacial score (nSPS) is 10.8. The third-order valence-corrected chi connectivity index (χ3v) is 5.53. The van der Waals surface area contributed by atoms with E-state index in [2.05, 4.69) is 31.6 Å². The lowest BCUT2D eigenvalue weighted by Gasteiger charge is -2.06. The van der Waals surface area contributed by atoms with Crippen molar-refractivity contribution >= 4 is 34.0 Å². The zero-order chi connectivity index (χ0) is 22.4. The lowest BCUT2D eigenvalue weighted by Crippen LogP contribution is -2.24. The Morgan fingerprint density at radius 2 is 1.90 bits per heavy atom. The number of nitrogens with zero attached hydrogens (tertiary/aromatic N) is 3. The van der Waals surface area contributed by atoms with Crippen molar-refractivity contribution in [3.05, 3.63) is 75.5 Å². The van der Waals surface area contributed by atoms with E-state index in [-0.39, 0.29) is 12.5 Å². The Labute approximate surface area is 188 Å². The molecule has 0 aliphatic heterocycles. The number of benzene rings is 2. The molecule has 0 unspecified atom stereocenters. The van der Waals surface area contributed by atoms with Gasteiger partial charge in [0.05, 0.1) is 34.7 Å². The van der Waals surface area contributed by atoms with Crippen molar-refractivity contribution < 1.29 is 19.1 Å². The smallest absolute Gasteiger partial charge is 0.343 e. The molecular weight excluding hydrogens is 464 g/mol. The van der Waals surface area contributed by atoms with E-state index in [1.165, 1.54) is 6.21 Å². The maximum absolute atomic E-state index is 12.3. The predicted molar refractivity (Wildman–Crippen MR) is 120 cm³/mol. The number of halogens is 1. The Morgan fingerprint density at radius 1 is 1.16 bits per heavy atom. The van der Waals surface area contributed by atoms with Crippen LogP contribution in [0.5, 0.6) is 11.5 Å². The molecular formula is C22H21BrN4O4. The third kappa shape index (κ3) is 5.79. The summed E-state index contributed by atoms with van der Waals surface area (Å²) in [5.41, 5.74) is 5.21. The van der Waals surface area contributed by atoms with Gasteiger partial charge < -0.3 is 9.47 Å². The summed E-state index contributed by atoms with van der Waals surface area (Å²) in [6, 6.07) is 13.5. The summed E-state index contributed by atoms with van der Waals surface area (Å²) < 4.78 is 13.0. The van der Waals surface area contributed by atoms with Crippen LogP contribution in [0.1, 0.15) is 27.3 Å². The van der Waals surface area contributed by atoms with Crippen molar-refractivity contribution in [3.63, 3.8) is 0 Å². The molecule has 1 aromatic heterocycles. The first-order chi connectivity index (χ1) is 14.9. The molecule has 0 saturated carbocycles. The van der Waals surface area contributed by atoms with Gasteiger partial charge in [0.2, 0.25) is 0 Å². The molecule has 0 saturated heterocycles. The minimum Gasteiger partial charge on any atom is -0.497 e. The zero-order valence-corrected chi connectivity index (χ0v) is 18.8. The number of nitrogens with one attached hydrogen (secondary N) is 1. The number of hydrogen-bond donors (Lipinski definition) is 1. The summed E-state index contributed by atoms with van der Waals surface area (Å²) in [5, 5.41) is 8.25. The molecule has 0 fully saturated rings. The molecule has 31 heavy (non-hydrogen) atoms. The van der Waals surface area contributed by atoms with E-state index in [0.29, 0.717) is 22.6 Å². The molecule has 1 amide bonds. The van der Waals surface area contributed by atoms with Gasteiger partial charge in [0.25, 0.3) is 5.91 Å². The van der Waals surface area contributed by atoms with Crippen molar-refractivity contribution in [2.24, 2.45) is 5.10 Å². The molecule has 9 heteroatoms. The highest BCUT2D eigenvalue weighted by atomic mass is 79.9. The first-order valence-electron chi connectivity index (χ1n) is 9.35. The average Bonchev–Trinajstić information content (AvgIpc) is 3.00. The number of amides is 1. The molecule has 0 spiro atoms. The first-order valence-corrected chi connectivity index (χ1v) is 10.1. The fourth-order valence-corrected chi connectivity index (χ4v) is 3.01. The van der Waals surface area contributed by atoms with Crippen LogP contribution in [-0.4, -0.2) is 35.0 Å². The largest absolute Gasteiger partial charge is 0.497 e. The Morgan fingerprint density at radius 3 is 2.55 bits per heavy atom. The summed E-state index contributed by atoms with van der Waals surface area (Å²) in [4.78, 5) is 24.4. The summed E-state index contributed by atoms with van der Waals surface area (Å²) in [7, 11) is 1.56. The van der Waals surface area contributed by atoms with Gasteiger partial charge in [0.1, 0.15) is 18.0 Å². The number of methoxy groups -OCH3 is 1. The highest BCUT2D eigenvalue weighted by Crippen LogP contribution is 2.19. The predicted octanol–water partition coefficient (Wildman–Crippen LogP) is 3.64. The Hall–Kier alpha value is -3.46. The standard InChI is InChI=1S/C22H21BrN4O4/c1-14-21(23)15(2)27(26-14)13-20(28)25-24-12-16-5-4-6-19(11-16)31-22(29)17-7-9-18(30-3)10-8-17/h4-12H,13H2,1-3H3,(H,25,28). The molecule has 1 heterocycles. The molecule has 3 aromatic rings. The number of ether oxygens (including phenoxy) is 2. The van der Waals surface area contributed by atoms with Crippen LogP contribution < -0.4 is 14.9 Å². The number of hydrogen-bond acceptors (Lipinski definition) is 6. The van der Waals surface area contributed by atoms with Gasteiger partial charge in [-0.15, -0.1) is 0 Å². The molecule has 3 rings (SSSR count). The topological polar surface area (TPSA) is 94.8 Å². The maximum Gasteiger partial charge on any atom is 0.343 e. The fourth-order valence-electron chi connectivity index (χ4n) is 2.73. The number of esters is 1.